The quantitative estimate of drug-likeness (QED) is 0.533. The number of nitrogens with one attached hydrogen (secondary N) is 3. The Morgan fingerprint density at radius 3 is 3.09 bits per heavy atom. The van der Waals surface area contributed by atoms with Crippen LogP contribution in [0.2, 0.25) is 0 Å². The van der Waals surface area contributed by atoms with Gasteiger partial charge < -0.3 is 26.1 Å². The normalized spacial score (nSPS) is 12.3. The van der Waals surface area contributed by atoms with Gasteiger partial charge in [-0.3, -0.25) is 0 Å². The van der Waals surface area contributed by atoms with Crippen molar-refractivity contribution in [2.24, 2.45) is 5.73 Å². The van der Waals surface area contributed by atoms with Crippen molar-refractivity contribution >= 4 is 28.4 Å². The molecular weight excluding hydrogens is 292 g/mol. The van der Waals surface area contributed by atoms with Gasteiger partial charge in [0.25, 0.3) is 0 Å². The summed E-state index contributed by atoms with van der Waals surface area (Å²) in [5, 5.41) is 7.55. The van der Waals surface area contributed by atoms with Crippen LogP contribution in [0, 0.1) is 0 Å². The zero-order chi connectivity index (χ0) is 16.1. The van der Waals surface area contributed by atoms with Gasteiger partial charge in [0.1, 0.15) is 5.82 Å². The van der Waals surface area contributed by atoms with Crippen LogP contribution in [0.4, 0.5) is 17.5 Å². The van der Waals surface area contributed by atoms with Gasteiger partial charge >= 0.3 is 0 Å². The number of nitrogens with two attached hydrogens (primary N) is 1. The van der Waals surface area contributed by atoms with Crippen molar-refractivity contribution in [2.75, 3.05) is 30.9 Å². The van der Waals surface area contributed by atoms with Gasteiger partial charge in [0.05, 0.1) is 6.61 Å². The van der Waals surface area contributed by atoms with E-state index in [1.165, 1.54) is 0 Å². The first-order valence-electron chi connectivity index (χ1n) is 7.41. The zero-order valence-electron chi connectivity index (χ0n) is 12.9. The lowest BCUT2D eigenvalue weighted by Crippen LogP contribution is -2.33. The van der Waals surface area contributed by atoms with Crippen molar-refractivity contribution in [1.29, 1.82) is 0 Å². The average molecular weight is 312 g/mol. The summed E-state index contributed by atoms with van der Waals surface area (Å²) >= 11 is 0. The van der Waals surface area contributed by atoms with Gasteiger partial charge in [0.2, 0.25) is 5.95 Å². The lowest BCUT2D eigenvalue weighted by atomic mass is 10.2. The zero-order valence-corrected chi connectivity index (χ0v) is 12.9. The second kappa shape index (κ2) is 7.08. The monoisotopic (exact) mass is 312 g/mol. The number of H-pyrrole nitrogens is 1. The van der Waals surface area contributed by atoms with Crippen molar-refractivity contribution in [3.8, 4) is 0 Å². The maximum Gasteiger partial charge on any atom is 0.224 e. The minimum atomic E-state index is -0.103. The fourth-order valence-corrected chi connectivity index (χ4v) is 2.34. The molecule has 5 N–H and O–H groups in total. The van der Waals surface area contributed by atoms with Gasteiger partial charge in [-0.05, 0) is 24.3 Å². The molecule has 23 heavy (non-hydrogen) atoms. The Hall–Kier alpha value is -2.64. The summed E-state index contributed by atoms with van der Waals surface area (Å²) in [5.41, 5.74) is 7.95. The van der Waals surface area contributed by atoms with Crippen molar-refractivity contribution in [3.63, 3.8) is 0 Å². The number of anilines is 3. The molecule has 2 heterocycles. The van der Waals surface area contributed by atoms with Crippen LogP contribution in [0.15, 0.2) is 42.7 Å². The lowest BCUT2D eigenvalue weighted by molar-refractivity contribution is 0.183. The van der Waals surface area contributed by atoms with E-state index >= 15 is 0 Å². The van der Waals surface area contributed by atoms with Gasteiger partial charge in [0, 0.05) is 48.7 Å². The number of rotatable bonds is 7. The molecule has 1 aromatic carbocycles. The molecule has 3 aromatic rings. The maximum absolute atomic E-state index is 5.88. The van der Waals surface area contributed by atoms with E-state index in [1.807, 2.05) is 36.5 Å². The number of aromatic nitrogens is 3. The van der Waals surface area contributed by atoms with E-state index in [0.717, 1.165) is 22.4 Å². The van der Waals surface area contributed by atoms with E-state index in [2.05, 4.69) is 25.6 Å². The van der Waals surface area contributed by atoms with E-state index < -0.39 is 0 Å². The molecule has 0 saturated carbocycles. The van der Waals surface area contributed by atoms with Crippen molar-refractivity contribution < 1.29 is 4.74 Å². The first-order chi connectivity index (χ1) is 11.3. The molecule has 0 unspecified atom stereocenters. The molecule has 0 saturated heterocycles. The summed E-state index contributed by atoms with van der Waals surface area (Å²) in [6.07, 6.45) is 3.62. The third-order valence-electron chi connectivity index (χ3n) is 3.42. The highest BCUT2D eigenvalue weighted by molar-refractivity contribution is 5.93. The summed E-state index contributed by atoms with van der Waals surface area (Å²) in [7, 11) is 1.63. The summed E-state index contributed by atoms with van der Waals surface area (Å²) < 4.78 is 5.01. The molecule has 0 spiro atoms. The molecule has 1 atom stereocenters. The molecule has 0 aliphatic rings. The first kappa shape index (κ1) is 15.3. The summed E-state index contributed by atoms with van der Waals surface area (Å²) in [6, 6.07) is 9.79. The Morgan fingerprint density at radius 2 is 2.22 bits per heavy atom. The van der Waals surface area contributed by atoms with Gasteiger partial charge in [0.15, 0.2) is 0 Å². The van der Waals surface area contributed by atoms with E-state index in [4.69, 9.17) is 10.5 Å². The Bertz CT molecular complexity index is 772. The number of hydrogen-bond donors (Lipinski definition) is 4. The van der Waals surface area contributed by atoms with Gasteiger partial charge in [-0.15, -0.1) is 0 Å². The molecule has 0 bridgehead atoms. The largest absolute Gasteiger partial charge is 0.383 e. The van der Waals surface area contributed by atoms with Crippen LogP contribution >= 0.6 is 0 Å². The number of nitrogens with zero attached hydrogens (tertiary/aromatic N) is 2. The molecule has 7 nitrogen and oxygen atoms in total. The van der Waals surface area contributed by atoms with Gasteiger partial charge in [-0.2, -0.15) is 4.98 Å². The summed E-state index contributed by atoms with van der Waals surface area (Å²) in [4.78, 5) is 11.8. The molecule has 3 rings (SSSR count). The summed E-state index contributed by atoms with van der Waals surface area (Å²) in [5.74, 6) is 1.25. The minimum absolute atomic E-state index is 0.103. The second-order valence-electron chi connectivity index (χ2n) is 5.23. The number of hydrogen-bond acceptors (Lipinski definition) is 6. The number of ether oxygens (including phenoxy) is 1. The van der Waals surface area contributed by atoms with Crippen LogP contribution in [0.3, 0.4) is 0 Å². The van der Waals surface area contributed by atoms with Crippen molar-refractivity contribution in [1.82, 2.24) is 15.0 Å². The Balaban J connectivity index is 1.71. The second-order valence-corrected chi connectivity index (χ2v) is 5.23. The van der Waals surface area contributed by atoms with Crippen LogP contribution < -0.4 is 16.4 Å². The Labute approximate surface area is 134 Å². The number of fused-ring (bicyclic) bond motifs is 1. The van der Waals surface area contributed by atoms with Crippen LogP contribution in [0.1, 0.15) is 0 Å². The molecule has 0 aliphatic carbocycles. The SMILES string of the molecule is COC[C@H](N)CNc1nccc(Nc2cccc3[nH]ccc23)n1. The molecule has 2 aromatic heterocycles. The lowest BCUT2D eigenvalue weighted by Gasteiger charge is -2.12. The molecule has 7 heteroatoms. The smallest absolute Gasteiger partial charge is 0.224 e. The molecule has 0 aliphatic heterocycles. The number of aromatic amines is 1. The van der Waals surface area contributed by atoms with Crippen LogP contribution in [-0.4, -0.2) is 41.3 Å². The third-order valence-corrected chi connectivity index (χ3v) is 3.42. The predicted octanol–water partition coefficient (Wildman–Crippen LogP) is 2.09. The molecule has 120 valence electrons. The molecular formula is C16H20N6O. The van der Waals surface area contributed by atoms with Crippen LogP contribution in [0.5, 0.6) is 0 Å². The topological polar surface area (TPSA) is 101 Å². The Morgan fingerprint density at radius 1 is 1.30 bits per heavy atom. The standard InChI is InChI=1S/C16H20N6O/c1-23-10-11(17)9-20-16-19-8-6-15(22-16)21-14-4-2-3-13-12(14)5-7-18-13/h2-8,11,18H,9-10,17H2,1H3,(H2,19,20,21,22)/t11-/m1/s1. The number of methoxy groups -OCH3 is 1. The first-order valence-corrected chi connectivity index (χ1v) is 7.41. The Kier molecular flexibility index (Phi) is 4.70. The van der Waals surface area contributed by atoms with Crippen molar-refractivity contribution in [2.45, 2.75) is 6.04 Å². The predicted molar refractivity (Wildman–Crippen MR) is 92.0 cm³/mol. The maximum atomic E-state index is 5.88. The fraction of sp³-hybridized carbons (Fsp3) is 0.250. The average Bonchev–Trinajstić information content (AvgIpc) is 3.03. The molecule has 0 radical (unpaired) electrons. The highest BCUT2D eigenvalue weighted by Crippen LogP contribution is 2.25. The van der Waals surface area contributed by atoms with E-state index in [1.54, 1.807) is 13.3 Å². The van der Waals surface area contributed by atoms with E-state index in [0.29, 0.717) is 19.1 Å². The van der Waals surface area contributed by atoms with Crippen molar-refractivity contribution in [3.05, 3.63) is 42.7 Å². The van der Waals surface area contributed by atoms with E-state index in [-0.39, 0.29) is 6.04 Å². The van der Waals surface area contributed by atoms with Crippen LogP contribution in [-0.2, 0) is 4.74 Å². The minimum Gasteiger partial charge on any atom is -0.383 e. The molecule has 0 amide bonds. The summed E-state index contributed by atoms with van der Waals surface area (Å²) in [6.45, 7) is 1.03. The fourth-order valence-electron chi connectivity index (χ4n) is 2.34. The number of benzene rings is 1. The highest BCUT2D eigenvalue weighted by Gasteiger charge is 2.06. The van der Waals surface area contributed by atoms with Gasteiger partial charge in [-0.25, -0.2) is 4.98 Å². The van der Waals surface area contributed by atoms with E-state index in [9.17, 15) is 0 Å². The molecule has 0 fully saturated rings. The third kappa shape index (κ3) is 3.77. The van der Waals surface area contributed by atoms with Gasteiger partial charge in [-0.1, -0.05) is 6.07 Å². The van der Waals surface area contributed by atoms with Crippen LogP contribution in [0.25, 0.3) is 10.9 Å². The highest BCUT2D eigenvalue weighted by atomic mass is 16.5.